The fourth-order valence-corrected chi connectivity index (χ4v) is 0.0292. The molecule has 0 bridgehead atoms. The van der Waals surface area contributed by atoms with Crippen molar-refractivity contribution in [1.82, 2.24) is 0 Å². The first-order valence-corrected chi connectivity index (χ1v) is 1.18. The maximum absolute atomic E-state index is 10.8. The van der Waals surface area contributed by atoms with Crippen LogP contribution in [0.25, 0.3) is 0 Å². The zero-order valence-electron chi connectivity index (χ0n) is 2.92. The van der Waals surface area contributed by atoms with Crippen LogP contribution >= 0.6 is 0 Å². The molecule has 5 heteroatoms. The van der Waals surface area contributed by atoms with Crippen LogP contribution in [0.15, 0.2) is 12.1 Å². The third-order valence-electron chi connectivity index (χ3n) is 0.216. The summed E-state index contributed by atoms with van der Waals surface area (Å²) in [6.07, 6.45) is -2.80. The normalized spacial score (nSPS) is 8.00. The molecule has 0 atom stereocenters. The summed E-state index contributed by atoms with van der Waals surface area (Å²) in [5.41, 5.74) is 0. The van der Waals surface area contributed by atoms with Crippen LogP contribution < -0.4 is 0 Å². The Morgan fingerprint density at radius 2 is 1.57 bits per heavy atom. The van der Waals surface area contributed by atoms with Crippen LogP contribution in [-0.2, 0) is 4.94 Å². The lowest BCUT2D eigenvalue weighted by molar-refractivity contribution is -0.119. The SMILES string of the molecule is FOC(F)=C(F)F. The predicted molar refractivity (Wildman–Crippen MR) is 12.5 cm³/mol. The summed E-state index contributed by atoms with van der Waals surface area (Å²) >= 11 is 0. The molecule has 0 aromatic rings. The largest absolute Gasteiger partial charge is 0.382 e. The van der Waals surface area contributed by atoms with Gasteiger partial charge in [0.25, 0.3) is 0 Å². The van der Waals surface area contributed by atoms with Gasteiger partial charge in [0, 0.05) is 4.53 Å². The molecule has 0 aliphatic heterocycles. The van der Waals surface area contributed by atoms with Gasteiger partial charge in [-0.2, -0.15) is 13.2 Å². The molecule has 0 saturated heterocycles. The van der Waals surface area contributed by atoms with Crippen LogP contribution in [0.1, 0.15) is 0 Å². The zero-order valence-corrected chi connectivity index (χ0v) is 2.92. The molecule has 0 unspecified atom stereocenters. The van der Waals surface area contributed by atoms with Crippen molar-refractivity contribution in [3.63, 3.8) is 0 Å². The Morgan fingerprint density at radius 3 is 1.57 bits per heavy atom. The average molecular weight is 116 g/mol. The lowest BCUT2D eigenvalue weighted by Crippen LogP contribution is -1.71. The topological polar surface area (TPSA) is 9.23 Å². The molecule has 0 fully saturated rings. The highest BCUT2D eigenvalue weighted by Crippen LogP contribution is 2.09. The summed E-state index contributed by atoms with van der Waals surface area (Å²) in [5, 5.41) is 0. The molecule has 0 aliphatic rings. The number of halogens is 4. The Labute approximate surface area is 36.1 Å². The van der Waals surface area contributed by atoms with E-state index in [4.69, 9.17) is 0 Å². The van der Waals surface area contributed by atoms with E-state index in [1.165, 1.54) is 0 Å². The lowest BCUT2D eigenvalue weighted by Gasteiger charge is -1.79. The highest BCUT2D eigenvalue weighted by molar-refractivity contribution is 4.78. The maximum atomic E-state index is 10.8. The van der Waals surface area contributed by atoms with Crippen molar-refractivity contribution in [3.05, 3.63) is 12.1 Å². The van der Waals surface area contributed by atoms with E-state index in [2.05, 4.69) is 0 Å². The standard InChI is InChI=1S/C2F4O/c3-1(4)2(5)7-6. The summed E-state index contributed by atoms with van der Waals surface area (Å²) in [7, 11) is 0. The van der Waals surface area contributed by atoms with Gasteiger partial charge < -0.3 is 0 Å². The monoisotopic (exact) mass is 116 g/mol. The highest BCUT2D eigenvalue weighted by Gasteiger charge is 2.04. The van der Waals surface area contributed by atoms with Crippen LogP contribution in [-0.4, -0.2) is 0 Å². The molecular formula is C2F4O. The molecule has 7 heavy (non-hydrogen) atoms. The molecule has 0 saturated carbocycles. The fraction of sp³-hybridized carbons (Fsp3) is 0. The molecule has 0 N–H and O–H groups in total. The first-order chi connectivity index (χ1) is 3.18. The van der Waals surface area contributed by atoms with E-state index in [0.29, 0.717) is 0 Å². The highest BCUT2D eigenvalue weighted by atomic mass is 19.3. The van der Waals surface area contributed by atoms with Crippen LogP contribution in [0.2, 0.25) is 0 Å². The first kappa shape index (κ1) is 6.26. The smallest absolute Gasteiger partial charge is 0.257 e. The number of hydrogen-bond acceptors (Lipinski definition) is 1. The second-order valence-corrected chi connectivity index (χ2v) is 0.611. The van der Waals surface area contributed by atoms with Crippen LogP contribution in [0, 0.1) is 0 Å². The third-order valence-corrected chi connectivity index (χ3v) is 0.216. The van der Waals surface area contributed by atoms with Crippen molar-refractivity contribution in [2.24, 2.45) is 0 Å². The van der Waals surface area contributed by atoms with Gasteiger partial charge in [-0.1, -0.05) is 0 Å². The van der Waals surface area contributed by atoms with Gasteiger partial charge in [-0.15, -0.1) is 0 Å². The Kier molecular flexibility index (Phi) is 2.18. The lowest BCUT2D eigenvalue weighted by atomic mass is 11.0. The Bertz CT molecular complexity index is 83.7. The Morgan fingerprint density at radius 1 is 1.14 bits per heavy atom. The first-order valence-electron chi connectivity index (χ1n) is 1.18. The van der Waals surface area contributed by atoms with Crippen molar-refractivity contribution < 1.29 is 22.6 Å². The van der Waals surface area contributed by atoms with Gasteiger partial charge in [0.05, 0.1) is 0 Å². The summed E-state index contributed by atoms with van der Waals surface area (Å²) in [6, 6.07) is -2.49. The molecule has 0 aliphatic carbocycles. The van der Waals surface area contributed by atoms with E-state index in [1.807, 2.05) is 4.94 Å². The van der Waals surface area contributed by atoms with Gasteiger partial charge in [-0.3, -0.25) is 4.94 Å². The predicted octanol–water partition coefficient (Wildman–Crippen LogP) is 1.92. The van der Waals surface area contributed by atoms with E-state index >= 15 is 0 Å². The van der Waals surface area contributed by atoms with E-state index in [1.54, 1.807) is 0 Å². The van der Waals surface area contributed by atoms with Crippen LogP contribution in [0.5, 0.6) is 0 Å². The minimum absolute atomic E-state index is 1.97. The summed E-state index contributed by atoms with van der Waals surface area (Å²) in [6.45, 7) is 0. The molecule has 42 valence electrons. The van der Waals surface area contributed by atoms with Gasteiger partial charge in [-0.25, -0.2) is 0 Å². The quantitative estimate of drug-likeness (QED) is 0.375. The second kappa shape index (κ2) is 2.44. The molecule has 0 radical (unpaired) electrons. The summed E-state index contributed by atoms with van der Waals surface area (Å²) in [4.78, 5) is 1.97. The maximum Gasteiger partial charge on any atom is 0.382 e. The number of hydrogen-bond donors (Lipinski definition) is 0. The molecular weight excluding hydrogens is 116 g/mol. The van der Waals surface area contributed by atoms with Crippen molar-refractivity contribution in [2.45, 2.75) is 0 Å². The molecule has 1 nitrogen and oxygen atoms in total. The van der Waals surface area contributed by atoms with E-state index in [-0.39, 0.29) is 0 Å². The summed E-state index contributed by atoms with van der Waals surface area (Å²) in [5.74, 6) is 0. The van der Waals surface area contributed by atoms with Crippen molar-refractivity contribution >= 4 is 0 Å². The van der Waals surface area contributed by atoms with E-state index in [0.717, 1.165) is 0 Å². The molecule has 0 amide bonds. The minimum atomic E-state index is -2.80. The minimum Gasteiger partial charge on any atom is -0.257 e. The number of rotatable bonds is 1. The van der Waals surface area contributed by atoms with Gasteiger partial charge in [0.2, 0.25) is 0 Å². The van der Waals surface area contributed by atoms with Gasteiger partial charge >= 0.3 is 12.1 Å². The molecule has 0 spiro atoms. The van der Waals surface area contributed by atoms with E-state index in [9.17, 15) is 17.7 Å². The van der Waals surface area contributed by atoms with Crippen molar-refractivity contribution in [3.8, 4) is 0 Å². The van der Waals surface area contributed by atoms with Gasteiger partial charge in [0.15, 0.2) is 0 Å². The molecule has 0 aromatic carbocycles. The van der Waals surface area contributed by atoms with Crippen molar-refractivity contribution in [1.29, 1.82) is 0 Å². The third kappa shape index (κ3) is 2.02. The Balaban J connectivity index is 3.72. The van der Waals surface area contributed by atoms with Crippen LogP contribution in [0.4, 0.5) is 17.7 Å². The molecule has 0 rings (SSSR count). The van der Waals surface area contributed by atoms with Crippen molar-refractivity contribution in [2.75, 3.05) is 0 Å². The average Bonchev–Trinajstić information content (AvgIpc) is 1.65. The summed E-state index contributed by atoms with van der Waals surface area (Å²) < 4.78 is 42.1. The molecule has 0 heterocycles. The van der Waals surface area contributed by atoms with Gasteiger partial charge in [-0.05, 0) is 0 Å². The van der Waals surface area contributed by atoms with E-state index < -0.39 is 12.1 Å². The Hall–Kier alpha value is -0.740. The molecule has 0 aromatic heterocycles. The van der Waals surface area contributed by atoms with Gasteiger partial charge in [0.1, 0.15) is 0 Å². The van der Waals surface area contributed by atoms with Crippen LogP contribution in [0.3, 0.4) is 0 Å². The second-order valence-electron chi connectivity index (χ2n) is 0.611. The fourth-order valence-electron chi connectivity index (χ4n) is 0.0292. The zero-order chi connectivity index (χ0) is 5.86.